The Bertz CT molecular complexity index is 545. The van der Waals surface area contributed by atoms with Crippen LogP contribution < -0.4 is 0 Å². The Hall–Kier alpha value is -1.24. The summed E-state index contributed by atoms with van der Waals surface area (Å²) < 4.78 is 0. The number of fused-ring (bicyclic) bond motifs is 5. The van der Waals surface area contributed by atoms with Crippen molar-refractivity contribution in [3.05, 3.63) is 41.5 Å². The molecule has 0 radical (unpaired) electrons. The largest absolute Gasteiger partial charge is 0.508 e. The molecule has 0 heterocycles. The zero-order valence-electron chi connectivity index (χ0n) is 11.6. The Kier molecular flexibility index (Phi) is 2.36. The maximum absolute atomic E-state index is 9.67. The third kappa shape index (κ3) is 1.60. The number of hydrogen-bond donors (Lipinski definition) is 1. The van der Waals surface area contributed by atoms with Crippen LogP contribution in [0.3, 0.4) is 0 Å². The molecule has 1 saturated carbocycles. The fraction of sp³-hybridized carbons (Fsp3) is 0.556. The van der Waals surface area contributed by atoms with Crippen molar-refractivity contribution in [3.8, 4) is 5.75 Å². The minimum absolute atomic E-state index is 0.431. The second kappa shape index (κ2) is 3.88. The molecule has 3 aliphatic carbocycles. The minimum Gasteiger partial charge on any atom is -0.508 e. The molecular formula is C18H22O. The van der Waals surface area contributed by atoms with E-state index in [1.54, 1.807) is 0 Å². The Morgan fingerprint density at radius 1 is 1.26 bits per heavy atom. The van der Waals surface area contributed by atoms with Gasteiger partial charge in [0.2, 0.25) is 0 Å². The van der Waals surface area contributed by atoms with Crippen molar-refractivity contribution in [2.24, 2.45) is 17.3 Å². The first-order valence-electron chi connectivity index (χ1n) is 7.67. The molecule has 100 valence electrons. The zero-order chi connectivity index (χ0) is 13.0. The van der Waals surface area contributed by atoms with Gasteiger partial charge in [0.1, 0.15) is 5.75 Å². The number of phenols is 1. The van der Waals surface area contributed by atoms with Crippen molar-refractivity contribution in [2.75, 3.05) is 0 Å². The Morgan fingerprint density at radius 3 is 3.05 bits per heavy atom. The third-order valence-corrected chi connectivity index (χ3v) is 6.04. The number of hydrogen-bond acceptors (Lipinski definition) is 1. The lowest BCUT2D eigenvalue weighted by molar-refractivity contribution is 0.0826. The number of rotatable bonds is 0. The van der Waals surface area contributed by atoms with E-state index in [0.29, 0.717) is 11.2 Å². The van der Waals surface area contributed by atoms with E-state index in [1.807, 2.05) is 12.1 Å². The molecule has 4 unspecified atom stereocenters. The summed E-state index contributed by atoms with van der Waals surface area (Å²) in [5.41, 5.74) is 3.40. The second-order valence-electron chi connectivity index (χ2n) is 6.98. The van der Waals surface area contributed by atoms with Gasteiger partial charge in [0.05, 0.1) is 0 Å². The van der Waals surface area contributed by atoms with Crippen molar-refractivity contribution in [1.29, 1.82) is 0 Å². The Morgan fingerprint density at radius 2 is 2.16 bits per heavy atom. The highest BCUT2D eigenvalue weighted by Gasteiger charge is 2.48. The Labute approximate surface area is 115 Å². The first kappa shape index (κ1) is 11.6. The topological polar surface area (TPSA) is 20.2 Å². The summed E-state index contributed by atoms with van der Waals surface area (Å²) in [7, 11) is 0. The molecule has 1 N–H and O–H groups in total. The van der Waals surface area contributed by atoms with E-state index in [0.717, 1.165) is 24.2 Å². The van der Waals surface area contributed by atoms with Crippen molar-refractivity contribution in [1.82, 2.24) is 0 Å². The van der Waals surface area contributed by atoms with Crippen LogP contribution in [0.5, 0.6) is 5.75 Å². The van der Waals surface area contributed by atoms with E-state index >= 15 is 0 Å². The maximum atomic E-state index is 9.67. The van der Waals surface area contributed by atoms with Gasteiger partial charge in [0.15, 0.2) is 0 Å². The predicted octanol–water partition coefficient (Wildman–Crippen LogP) is 4.41. The van der Waals surface area contributed by atoms with Gasteiger partial charge < -0.3 is 5.11 Å². The van der Waals surface area contributed by atoms with Gasteiger partial charge in [-0.1, -0.05) is 25.1 Å². The average molecular weight is 254 g/mol. The normalized spacial score (nSPS) is 39.5. The van der Waals surface area contributed by atoms with E-state index in [1.165, 1.54) is 36.8 Å². The number of aromatic hydroxyl groups is 1. The summed E-state index contributed by atoms with van der Waals surface area (Å²) in [6.07, 6.45) is 11.3. The van der Waals surface area contributed by atoms with Crippen LogP contribution >= 0.6 is 0 Å². The third-order valence-electron chi connectivity index (χ3n) is 6.04. The smallest absolute Gasteiger partial charge is 0.115 e. The molecule has 0 amide bonds. The van der Waals surface area contributed by atoms with E-state index in [9.17, 15) is 5.11 Å². The molecule has 0 bridgehead atoms. The number of phenolic OH excluding ortho intramolecular Hbond substituents is 1. The lowest BCUT2D eigenvalue weighted by Gasteiger charge is -2.49. The summed E-state index contributed by atoms with van der Waals surface area (Å²) in [5.74, 6) is 2.88. The van der Waals surface area contributed by atoms with Crippen LogP contribution in [0.2, 0.25) is 0 Å². The number of allylic oxidation sites excluding steroid dienone is 2. The molecule has 3 aliphatic rings. The van der Waals surface area contributed by atoms with Crippen molar-refractivity contribution in [2.45, 2.75) is 44.9 Å². The predicted molar refractivity (Wildman–Crippen MR) is 77.2 cm³/mol. The molecule has 4 atom stereocenters. The SMILES string of the molecule is CC12C=CCC1C1CCc3cc(O)ccc3C1CC2. The molecule has 0 saturated heterocycles. The molecule has 1 aromatic rings. The molecule has 1 aromatic carbocycles. The maximum Gasteiger partial charge on any atom is 0.115 e. The minimum atomic E-state index is 0.431. The molecule has 19 heavy (non-hydrogen) atoms. The second-order valence-corrected chi connectivity index (χ2v) is 6.98. The lowest BCUT2D eigenvalue weighted by atomic mass is 9.56. The van der Waals surface area contributed by atoms with Crippen molar-refractivity contribution < 1.29 is 5.11 Å². The summed E-state index contributed by atoms with van der Waals surface area (Å²) in [6.45, 7) is 2.46. The fourth-order valence-electron chi connectivity index (χ4n) is 5.05. The number of aryl methyl sites for hydroxylation is 1. The van der Waals surface area contributed by atoms with Gasteiger partial charge in [-0.05, 0) is 78.5 Å². The summed E-state index contributed by atoms with van der Waals surface area (Å²) >= 11 is 0. The highest BCUT2D eigenvalue weighted by atomic mass is 16.3. The van der Waals surface area contributed by atoms with Crippen LogP contribution in [0.25, 0.3) is 0 Å². The summed E-state index contributed by atoms with van der Waals surface area (Å²) in [6, 6.07) is 6.06. The summed E-state index contributed by atoms with van der Waals surface area (Å²) in [5, 5.41) is 9.67. The molecule has 4 rings (SSSR count). The lowest BCUT2D eigenvalue weighted by Crippen LogP contribution is -2.39. The van der Waals surface area contributed by atoms with Crippen LogP contribution in [-0.2, 0) is 6.42 Å². The van der Waals surface area contributed by atoms with E-state index in [2.05, 4.69) is 25.1 Å². The molecule has 1 heteroatoms. The highest BCUT2D eigenvalue weighted by molar-refractivity contribution is 5.40. The van der Waals surface area contributed by atoms with E-state index < -0.39 is 0 Å². The molecule has 1 nitrogen and oxygen atoms in total. The van der Waals surface area contributed by atoms with Gasteiger partial charge in [0, 0.05) is 0 Å². The standard InChI is InChI=1S/C18H22O/c1-18-9-2-3-17(18)16-6-4-12-11-13(19)5-7-14(12)15(16)8-10-18/h2,5,7,9,11,15-17,19H,3-4,6,8,10H2,1H3. The van der Waals surface area contributed by atoms with E-state index in [4.69, 9.17) is 0 Å². The summed E-state index contributed by atoms with van der Waals surface area (Å²) in [4.78, 5) is 0. The molecule has 1 fully saturated rings. The van der Waals surface area contributed by atoms with Gasteiger partial charge in [-0.25, -0.2) is 0 Å². The molecule has 0 spiro atoms. The molecule has 0 aromatic heterocycles. The quantitative estimate of drug-likeness (QED) is 0.680. The van der Waals surface area contributed by atoms with Crippen molar-refractivity contribution >= 4 is 0 Å². The van der Waals surface area contributed by atoms with Crippen LogP contribution in [0.4, 0.5) is 0 Å². The molecule has 0 aliphatic heterocycles. The molecular weight excluding hydrogens is 232 g/mol. The first-order valence-corrected chi connectivity index (χ1v) is 7.67. The zero-order valence-corrected chi connectivity index (χ0v) is 11.6. The fourth-order valence-corrected chi connectivity index (χ4v) is 5.05. The highest BCUT2D eigenvalue weighted by Crippen LogP contribution is 2.58. The van der Waals surface area contributed by atoms with Gasteiger partial charge in [0.25, 0.3) is 0 Å². The van der Waals surface area contributed by atoms with Gasteiger partial charge in [-0.3, -0.25) is 0 Å². The monoisotopic (exact) mass is 254 g/mol. The van der Waals surface area contributed by atoms with Crippen molar-refractivity contribution in [3.63, 3.8) is 0 Å². The first-order chi connectivity index (χ1) is 9.17. The van der Waals surface area contributed by atoms with E-state index in [-0.39, 0.29) is 0 Å². The van der Waals surface area contributed by atoms with Crippen LogP contribution in [0, 0.1) is 17.3 Å². The van der Waals surface area contributed by atoms with Gasteiger partial charge in [-0.15, -0.1) is 0 Å². The average Bonchev–Trinajstić information content (AvgIpc) is 2.79. The van der Waals surface area contributed by atoms with Crippen LogP contribution in [0.15, 0.2) is 30.4 Å². The van der Waals surface area contributed by atoms with Crippen LogP contribution in [-0.4, -0.2) is 5.11 Å². The van der Waals surface area contributed by atoms with Crippen LogP contribution in [0.1, 0.15) is 49.7 Å². The Balaban J connectivity index is 1.73. The van der Waals surface area contributed by atoms with Gasteiger partial charge in [-0.2, -0.15) is 0 Å². The number of benzene rings is 1. The van der Waals surface area contributed by atoms with Gasteiger partial charge >= 0.3 is 0 Å².